The maximum atomic E-state index is 11.9. The number of aliphatic imine (C=N–C) groups is 1. The molecule has 86 valence electrons. The van der Waals surface area contributed by atoms with Crippen molar-refractivity contribution < 1.29 is 8.42 Å². The molecule has 0 saturated carbocycles. The van der Waals surface area contributed by atoms with Gasteiger partial charge < -0.3 is 5.73 Å². The van der Waals surface area contributed by atoms with Gasteiger partial charge in [-0.3, -0.25) is 9.71 Å². The normalized spacial score (nSPS) is 15.9. The molecule has 0 fully saturated rings. The Morgan fingerprint density at radius 2 is 2.00 bits per heavy atom. The molecule has 16 heavy (non-hydrogen) atoms. The smallest absolute Gasteiger partial charge is 0.263 e. The summed E-state index contributed by atoms with van der Waals surface area (Å²) in [6.07, 6.45) is 0. The van der Waals surface area contributed by atoms with Crippen molar-refractivity contribution >= 4 is 32.6 Å². The molecule has 0 bridgehead atoms. The van der Waals surface area contributed by atoms with E-state index in [4.69, 9.17) is 5.73 Å². The number of benzene rings is 1. The molecule has 2 rings (SSSR count). The van der Waals surface area contributed by atoms with E-state index >= 15 is 0 Å². The van der Waals surface area contributed by atoms with Gasteiger partial charge in [0.05, 0.1) is 11.4 Å². The quantitative estimate of drug-likeness (QED) is 0.762. The van der Waals surface area contributed by atoms with Crippen molar-refractivity contribution in [1.29, 1.82) is 0 Å². The van der Waals surface area contributed by atoms with E-state index in [9.17, 15) is 8.42 Å². The van der Waals surface area contributed by atoms with Gasteiger partial charge in [0.1, 0.15) is 0 Å². The molecule has 5 nitrogen and oxygen atoms in total. The molecule has 0 atom stereocenters. The van der Waals surface area contributed by atoms with E-state index in [-0.39, 0.29) is 4.90 Å². The summed E-state index contributed by atoms with van der Waals surface area (Å²) in [4.78, 5) is 4.22. The first kappa shape index (κ1) is 11.3. The van der Waals surface area contributed by atoms with Crippen LogP contribution in [0.3, 0.4) is 0 Å². The highest BCUT2D eigenvalue weighted by Gasteiger charge is 2.18. The highest BCUT2D eigenvalue weighted by atomic mass is 32.2. The highest BCUT2D eigenvalue weighted by Crippen LogP contribution is 2.15. The number of nitrogens with one attached hydrogen (secondary N) is 1. The molecule has 1 aliphatic heterocycles. The number of thioether (sulfide) groups is 1. The Balaban J connectivity index is 2.21. The van der Waals surface area contributed by atoms with Gasteiger partial charge in [-0.1, -0.05) is 11.8 Å². The van der Waals surface area contributed by atoms with Gasteiger partial charge >= 0.3 is 0 Å². The Kier molecular flexibility index (Phi) is 3.06. The third kappa shape index (κ3) is 2.48. The SMILES string of the molecule is Nc1ccc(S(=O)(=O)NC2=NCCS2)cc1. The summed E-state index contributed by atoms with van der Waals surface area (Å²) in [6, 6.07) is 6.05. The number of rotatable bonds is 2. The second-order valence-corrected chi connectivity index (χ2v) is 5.98. The van der Waals surface area contributed by atoms with Crippen molar-refractivity contribution in [3.63, 3.8) is 0 Å². The van der Waals surface area contributed by atoms with Crippen LogP contribution in [0, 0.1) is 0 Å². The van der Waals surface area contributed by atoms with Crippen LogP contribution in [0.5, 0.6) is 0 Å². The molecule has 0 aromatic heterocycles. The van der Waals surface area contributed by atoms with Crippen LogP contribution < -0.4 is 10.5 Å². The third-order valence-corrected chi connectivity index (χ3v) is 4.37. The largest absolute Gasteiger partial charge is 0.399 e. The molecule has 1 heterocycles. The molecular weight excluding hydrogens is 246 g/mol. The molecule has 0 unspecified atom stereocenters. The van der Waals surface area contributed by atoms with Gasteiger partial charge in [0.15, 0.2) is 5.17 Å². The predicted octanol–water partition coefficient (Wildman–Crippen LogP) is 0.650. The first-order valence-electron chi connectivity index (χ1n) is 4.63. The van der Waals surface area contributed by atoms with Crippen LogP contribution >= 0.6 is 11.8 Å². The Hall–Kier alpha value is -1.21. The lowest BCUT2D eigenvalue weighted by molar-refractivity contribution is 0.593. The van der Waals surface area contributed by atoms with E-state index in [1.807, 2.05) is 0 Å². The number of sulfonamides is 1. The van der Waals surface area contributed by atoms with Gasteiger partial charge in [-0.2, -0.15) is 0 Å². The second-order valence-electron chi connectivity index (χ2n) is 3.21. The van der Waals surface area contributed by atoms with Crippen LogP contribution in [0.1, 0.15) is 0 Å². The van der Waals surface area contributed by atoms with Gasteiger partial charge in [0, 0.05) is 11.4 Å². The van der Waals surface area contributed by atoms with Gasteiger partial charge in [0.25, 0.3) is 10.0 Å². The summed E-state index contributed by atoms with van der Waals surface area (Å²) in [5.74, 6) is 0.819. The molecule has 1 aromatic rings. The molecule has 0 saturated heterocycles. The van der Waals surface area contributed by atoms with Crippen molar-refractivity contribution in [3.05, 3.63) is 24.3 Å². The lowest BCUT2D eigenvalue weighted by Crippen LogP contribution is -2.27. The molecule has 0 radical (unpaired) electrons. The van der Waals surface area contributed by atoms with E-state index in [1.165, 1.54) is 23.9 Å². The van der Waals surface area contributed by atoms with Gasteiger partial charge in [0.2, 0.25) is 0 Å². The van der Waals surface area contributed by atoms with Gasteiger partial charge in [-0.25, -0.2) is 8.42 Å². The fraction of sp³-hybridized carbons (Fsp3) is 0.222. The molecule has 7 heteroatoms. The molecule has 0 amide bonds. The second kappa shape index (κ2) is 4.34. The van der Waals surface area contributed by atoms with Crippen LogP contribution in [0.15, 0.2) is 34.2 Å². The van der Waals surface area contributed by atoms with Crippen LogP contribution in [0.25, 0.3) is 0 Å². The van der Waals surface area contributed by atoms with Crippen molar-refractivity contribution in [2.45, 2.75) is 4.90 Å². The average Bonchev–Trinajstić information content (AvgIpc) is 2.70. The molecule has 0 aliphatic carbocycles. The average molecular weight is 257 g/mol. The standard InChI is InChI=1S/C9H11N3O2S2/c10-7-1-3-8(4-2-7)16(13,14)12-9-11-5-6-15-9/h1-4H,5-6,10H2,(H,11,12). The topological polar surface area (TPSA) is 84.5 Å². The van der Waals surface area contributed by atoms with E-state index < -0.39 is 10.0 Å². The molecule has 3 N–H and O–H groups in total. The van der Waals surface area contributed by atoms with Crippen molar-refractivity contribution in [2.24, 2.45) is 4.99 Å². The Labute approximate surface area is 98.2 Å². The summed E-state index contributed by atoms with van der Waals surface area (Å²) < 4.78 is 26.1. The zero-order valence-electron chi connectivity index (χ0n) is 8.38. The lowest BCUT2D eigenvalue weighted by Gasteiger charge is -2.06. The number of hydrogen-bond acceptors (Lipinski definition) is 5. The zero-order chi connectivity index (χ0) is 11.6. The predicted molar refractivity (Wildman–Crippen MR) is 65.9 cm³/mol. The van der Waals surface area contributed by atoms with Crippen molar-refractivity contribution in [3.8, 4) is 0 Å². The van der Waals surface area contributed by atoms with Crippen LogP contribution in [0.2, 0.25) is 0 Å². The molecule has 0 spiro atoms. The highest BCUT2D eigenvalue weighted by molar-refractivity contribution is 8.15. The first-order valence-corrected chi connectivity index (χ1v) is 7.10. The summed E-state index contributed by atoms with van der Waals surface area (Å²) in [6.45, 7) is 0.657. The number of nitrogen functional groups attached to an aromatic ring is 1. The Bertz CT molecular complexity index is 508. The fourth-order valence-electron chi connectivity index (χ4n) is 1.22. The minimum Gasteiger partial charge on any atom is -0.399 e. The number of anilines is 1. The van der Waals surface area contributed by atoms with Gasteiger partial charge in [-0.15, -0.1) is 0 Å². The zero-order valence-corrected chi connectivity index (χ0v) is 10.0. The molecule has 1 aliphatic rings. The van der Waals surface area contributed by atoms with E-state index in [1.54, 1.807) is 12.1 Å². The number of hydrogen-bond donors (Lipinski definition) is 2. The first-order chi connectivity index (χ1) is 7.58. The van der Waals surface area contributed by atoms with Crippen LogP contribution in [-0.4, -0.2) is 25.9 Å². The Morgan fingerprint density at radius 3 is 2.56 bits per heavy atom. The minimum atomic E-state index is -3.52. The van der Waals surface area contributed by atoms with E-state index in [0.717, 1.165) is 5.75 Å². The summed E-state index contributed by atoms with van der Waals surface area (Å²) >= 11 is 1.40. The van der Waals surface area contributed by atoms with E-state index in [2.05, 4.69) is 9.71 Å². The molecule has 1 aromatic carbocycles. The summed E-state index contributed by atoms with van der Waals surface area (Å²) in [7, 11) is -3.52. The number of amidine groups is 1. The monoisotopic (exact) mass is 257 g/mol. The summed E-state index contributed by atoms with van der Waals surface area (Å²) in [5, 5.41) is 0.455. The minimum absolute atomic E-state index is 0.192. The number of nitrogens with zero attached hydrogens (tertiary/aromatic N) is 1. The van der Waals surface area contributed by atoms with Crippen molar-refractivity contribution in [1.82, 2.24) is 4.72 Å². The lowest BCUT2D eigenvalue weighted by atomic mass is 10.3. The third-order valence-electron chi connectivity index (χ3n) is 2.00. The fourth-order valence-corrected chi connectivity index (χ4v) is 3.25. The van der Waals surface area contributed by atoms with Crippen LogP contribution in [0.4, 0.5) is 5.69 Å². The maximum Gasteiger partial charge on any atom is 0.263 e. The maximum absolute atomic E-state index is 11.9. The Morgan fingerprint density at radius 1 is 1.31 bits per heavy atom. The van der Waals surface area contributed by atoms with Gasteiger partial charge in [-0.05, 0) is 24.3 Å². The van der Waals surface area contributed by atoms with Crippen LogP contribution in [-0.2, 0) is 10.0 Å². The number of nitrogens with two attached hydrogens (primary N) is 1. The van der Waals surface area contributed by atoms with Crippen molar-refractivity contribution in [2.75, 3.05) is 18.0 Å². The molecular formula is C9H11N3O2S2. The van der Waals surface area contributed by atoms with E-state index in [0.29, 0.717) is 17.4 Å². The summed E-state index contributed by atoms with van der Waals surface area (Å²) in [5.41, 5.74) is 6.02.